The van der Waals surface area contributed by atoms with Crippen LogP contribution in [0.25, 0.3) is 0 Å². The minimum Gasteiger partial charge on any atom is -0.475 e. The van der Waals surface area contributed by atoms with Crippen LogP contribution in [-0.2, 0) is 11.3 Å². The van der Waals surface area contributed by atoms with Crippen LogP contribution >= 0.6 is 24.0 Å². The lowest BCUT2D eigenvalue weighted by Crippen LogP contribution is -2.38. The van der Waals surface area contributed by atoms with E-state index >= 15 is 0 Å². The first-order valence-corrected chi connectivity index (χ1v) is 8.83. The molecule has 1 heterocycles. The predicted octanol–water partition coefficient (Wildman–Crippen LogP) is 3.60. The number of halogens is 2. The van der Waals surface area contributed by atoms with Crippen molar-refractivity contribution in [2.24, 2.45) is 4.99 Å². The number of aliphatic imine (C=N–C) groups is 1. The summed E-state index contributed by atoms with van der Waals surface area (Å²) in [7, 11) is 3.32. The second-order valence-corrected chi connectivity index (χ2v) is 6.15. The van der Waals surface area contributed by atoms with Gasteiger partial charge in [-0.25, -0.2) is 9.37 Å². The minimum absolute atomic E-state index is 0. The molecule has 0 aliphatic rings. The van der Waals surface area contributed by atoms with Crippen LogP contribution in [0.5, 0.6) is 5.88 Å². The van der Waals surface area contributed by atoms with Gasteiger partial charge in [0.1, 0.15) is 12.4 Å². The van der Waals surface area contributed by atoms with E-state index in [9.17, 15) is 4.39 Å². The van der Waals surface area contributed by atoms with Gasteiger partial charge in [-0.1, -0.05) is 18.2 Å². The highest BCUT2D eigenvalue weighted by Gasteiger charge is 2.10. The molecular weight excluding hydrogens is 474 g/mol. The molecule has 1 aromatic carbocycles. The van der Waals surface area contributed by atoms with Gasteiger partial charge in [-0.2, -0.15) is 0 Å². The number of guanidine groups is 1. The van der Waals surface area contributed by atoms with E-state index in [1.165, 1.54) is 0 Å². The van der Waals surface area contributed by atoms with Crippen molar-refractivity contribution in [1.82, 2.24) is 15.6 Å². The number of aromatic nitrogens is 1. The van der Waals surface area contributed by atoms with E-state index in [-0.39, 0.29) is 35.8 Å². The Morgan fingerprint density at radius 3 is 2.64 bits per heavy atom. The van der Waals surface area contributed by atoms with Crippen LogP contribution in [0.4, 0.5) is 4.39 Å². The highest BCUT2D eigenvalue weighted by molar-refractivity contribution is 14.0. The Hall–Kier alpha value is -1.94. The fraction of sp³-hybridized carbons (Fsp3) is 0.400. The summed E-state index contributed by atoms with van der Waals surface area (Å²) in [5.41, 5.74) is 2.49. The molecule has 0 aliphatic carbocycles. The van der Waals surface area contributed by atoms with E-state index in [0.717, 1.165) is 11.1 Å². The molecule has 1 atom stereocenters. The van der Waals surface area contributed by atoms with Gasteiger partial charge in [0, 0.05) is 33.0 Å². The maximum absolute atomic E-state index is 13.8. The van der Waals surface area contributed by atoms with Crippen LogP contribution in [0.2, 0.25) is 0 Å². The summed E-state index contributed by atoms with van der Waals surface area (Å²) in [6, 6.07) is 8.92. The third kappa shape index (κ3) is 7.59. The van der Waals surface area contributed by atoms with Crippen LogP contribution < -0.4 is 15.4 Å². The molecular formula is C20H28FIN4O2. The van der Waals surface area contributed by atoms with E-state index in [0.29, 0.717) is 37.2 Å². The average molecular weight is 502 g/mol. The molecule has 1 unspecified atom stereocenters. The zero-order valence-electron chi connectivity index (χ0n) is 16.7. The van der Waals surface area contributed by atoms with Crippen molar-refractivity contribution in [3.63, 3.8) is 0 Å². The van der Waals surface area contributed by atoms with Gasteiger partial charge in [0.15, 0.2) is 5.96 Å². The quantitative estimate of drug-likeness (QED) is 0.250. The smallest absolute Gasteiger partial charge is 0.213 e. The number of benzene rings is 1. The highest BCUT2D eigenvalue weighted by atomic mass is 127. The molecule has 2 N–H and O–H groups in total. The molecule has 8 heteroatoms. The van der Waals surface area contributed by atoms with E-state index in [2.05, 4.69) is 20.6 Å². The monoisotopic (exact) mass is 502 g/mol. The van der Waals surface area contributed by atoms with E-state index < -0.39 is 0 Å². The SMILES string of the molecule is CN=C(NCc1ccc(OCCOC)nc1)NC(C)c1ccc(C)c(F)c1.I. The van der Waals surface area contributed by atoms with Crippen LogP contribution in [0.1, 0.15) is 29.7 Å². The van der Waals surface area contributed by atoms with Crippen molar-refractivity contribution in [2.45, 2.75) is 26.4 Å². The Morgan fingerprint density at radius 2 is 2.04 bits per heavy atom. The summed E-state index contributed by atoms with van der Waals surface area (Å²) in [6.45, 7) is 5.26. The lowest BCUT2D eigenvalue weighted by atomic mass is 10.1. The molecule has 2 rings (SSSR count). The normalized spacial score (nSPS) is 12.1. The molecule has 0 bridgehead atoms. The molecule has 0 saturated heterocycles. The number of pyridine rings is 1. The third-order valence-corrected chi connectivity index (χ3v) is 4.07. The standard InChI is InChI=1S/C20H27FN4O2.HI/c1-14-5-7-17(11-18(14)21)15(2)25-20(22-3)24-13-16-6-8-19(23-12-16)27-10-9-26-4;/h5-8,11-12,15H,9-10,13H2,1-4H3,(H2,22,24,25);1H. The largest absolute Gasteiger partial charge is 0.475 e. The van der Waals surface area contributed by atoms with Crippen molar-refractivity contribution >= 4 is 29.9 Å². The average Bonchev–Trinajstić information content (AvgIpc) is 2.68. The van der Waals surface area contributed by atoms with Gasteiger partial charge >= 0.3 is 0 Å². The van der Waals surface area contributed by atoms with Crippen molar-refractivity contribution in [2.75, 3.05) is 27.4 Å². The molecule has 2 aromatic rings. The van der Waals surface area contributed by atoms with Crippen LogP contribution in [-0.4, -0.2) is 38.3 Å². The molecule has 6 nitrogen and oxygen atoms in total. The van der Waals surface area contributed by atoms with Crippen LogP contribution in [0.15, 0.2) is 41.5 Å². The highest BCUT2D eigenvalue weighted by Crippen LogP contribution is 2.16. The number of ether oxygens (including phenoxy) is 2. The first kappa shape index (κ1) is 24.1. The summed E-state index contributed by atoms with van der Waals surface area (Å²) in [4.78, 5) is 8.48. The second-order valence-electron chi connectivity index (χ2n) is 6.15. The third-order valence-electron chi connectivity index (χ3n) is 4.07. The van der Waals surface area contributed by atoms with Gasteiger partial charge in [0.05, 0.1) is 12.6 Å². The van der Waals surface area contributed by atoms with Gasteiger partial charge < -0.3 is 20.1 Å². The van der Waals surface area contributed by atoms with Gasteiger partial charge in [-0.05, 0) is 36.6 Å². The Balaban J connectivity index is 0.00000392. The van der Waals surface area contributed by atoms with E-state index in [1.807, 2.05) is 25.1 Å². The lowest BCUT2D eigenvalue weighted by molar-refractivity contribution is 0.143. The number of rotatable bonds is 8. The summed E-state index contributed by atoms with van der Waals surface area (Å²) < 4.78 is 24.1. The number of nitrogens with zero attached hydrogens (tertiary/aromatic N) is 2. The van der Waals surface area contributed by atoms with E-state index in [1.54, 1.807) is 39.4 Å². The van der Waals surface area contributed by atoms with Crippen molar-refractivity contribution in [1.29, 1.82) is 0 Å². The van der Waals surface area contributed by atoms with Gasteiger partial charge in [0.25, 0.3) is 0 Å². The minimum atomic E-state index is -0.206. The van der Waals surface area contributed by atoms with Crippen molar-refractivity contribution < 1.29 is 13.9 Å². The molecule has 1 aromatic heterocycles. The Labute approximate surface area is 183 Å². The van der Waals surface area contributed by atoms with Crippen LogP contribution in [0.3, 0.4) is 0 Å². The fourth-order valence-electron chi connectivity index (χ4n) is 2.38. The number of hydrogen-bond acceptors (Lipinski definition) is 4. The summed E-state index contributed by atoms with van der Waals surface area (Å²) in [6.07, 6.45) is 1.75. The molecule has 0 spiro atoms. The number of nitrogens with one attached hydrogen (secondary N) is 2. The summed E-state index contributed by atoms with van der Waals surface area (Å²) >= 11 is 0. The number of methoxy groups -OCH3 is 1. The Bertz CT molecular complexity index is 756. The molecule has 28 heavy (non-hydrogen) atoms. The topological polar surface area (TPSA) is 67.8 Å². The molecule has 154 valence electrons. The maximum atomic E-state index is 13.8. The molecule has 0 fully saturated rings. The zero-order chi connectivity index (χ0) is 19.6. The first-order chi connectivity index (χ1) is 13.0. The summed E-state index contributed by atoms with van der Waals surface area (Å²) in [5.74, 6) is 0.986. The number of aryl methyl sites for hydroxylation is 1. The lowest BCUT2D eigenvalue weighted by Gasteiger charge is -2.18. The molecule has 0 saturated carbocycles. The zero-order valence-corrected chi connectivity index (χ0v) is 19.0. The summed E-state index contributed by atoms with van der Waals surface area (Å²) in [5, 5.41) is 6.49. The van der Waals surface area contributed by atoms with Crippen molar-refractivity contribution in [3.8, 4) is 5.88 Å². The maximum Gasteiger partial charge on any atom is 0.213 e. The first-order valence-electron chi connectivity index (χ1n) is 8.83. The Kier molecular flexibility index (Phi) is 10.8. The van der Waals surface area contributed by atoms with Crippen LogP contribution in [0, 0.1) is 12.7 Å². The molecule has 0 amide bonds. The second kappa shape index (κ2) is 12.5. The van der Waals surface area contributed by atoms with Gasteiger partial charge in [-0.3, -0.25) is 4.99 Å². The Morgan fingerprint density at radius 1 is 1.25 bits per heavy atom. The van der Waals surface area contributed by atoms with Gasteiger partial charge in [0.2, 0.25) is 5.88 Å². The van der Waals surface area contributed by atoms with Crippen molar-refractivity contribution in [3.05, 3.63) is 59.0 Å². The van der Waals surface area contributed by atoms with Gasteiger partial charge in [-0.15, -0.1) is 24.0 Å². The van der Waals surface area contributed by atoms with E-state index in [4.69, 9.17) is 9.47 Å². The predicted molar refractivity (Wildman–Crippen MR) is 120 cm³/mol. The fourth-order valence-corrected chi connectivity index (χ4v) is 2.38. The molecule has 0 aliphatic heterocycles. The molecule has 0 radical (unpaired) electrons. The number of hydrogen-bond donors (Lipinski definition) is 2.